The molecule has 1 aliphatic heterocycles. The van der Waals surface area contributed by atoms with E-state index in [-0.39, 0.29) is 12.1 Å². The zero-order valence-electron chi connectivity index (χ0n) is 14.6. The zero-order chi connectivity index (χ0) is 17.4. The molecule has 0 aliphatic carbocycles. The van der Waals surface area contributed by atoms with Crippen LogP contribution in [0.25, 0.3) is 5.65 Å². The van der Waals surface area contributed by atoms with Crippen LogP contribution in [0.5, 0.6) is 5.75 Å². The fourth-order valence-electron chi connectivity index (χ4n) is 3.71. The molecule has 1 aliphatic rings. The van der Waals surface area contributed by atoms with Crippen molar-refractivity contribution in [3.8, 4) is 5.75 Å². The van der Waals surface area contributed by atoms with Gasteiger partial charge >= 0.3 is 0 Å². The van der Waals surface area contributed by atoms with Gasteiger partial charge in [0.15, 0.2) is 0 Å². The van der Waals surface area contributed by atoms with Gasteiger partial charge in [-0.1, -0.05) is 18.2 Å². The molecule has 3 aromatic rings. The number of fused-ring (bicyclic) bond motifs is 1. The minimum atomic E-state index is -0.308. The molecule has 0 amide bonds. The Hall–Kier alpha value is -2.37. The molecule has 0 saturated carbocycles. The molecule has 2 aromatic heterocycles. The first-order chi connectivity index (χ1) is 12.1. The molecule has 0 spiro atoms. The number of rotatable bonds is 4. The molecule has 1 saturated heterocycles. The number of aliphatic hydroxyl groups is 1. The number of nitrogens with zero attached hydrogens (tertiary/aromatic N) is 3. The van der Waals surface area contributed by atoms with Crippen LogP contribution in [-0.2, 0) is 6.54 Å². The van der Waals surface area contributed by atoms with E-state index in [0.717, 1.165) is 30.1 Å². The maximum absolute atomic E-state index is 10.2. The van der Waals surface area contributed by atoms with E-state index >= 15 is 0 Å². The Morgan fingerprint density at radius 3 is 3.00 bits per heavy atom. The van der Waals surface area contributed by atoms with Gasteiger partial charge in [0.25, 0.3) is 0 Å². The number of pyridine rings is 1. The van der Waals surface area contributed by atoms with Crippen LogP contribution in [0.2, 0.25) is 0 Å². The molecule has 0 bridgehead atoms. The number of ether oxygens (including phenoxy) is 1. The monoisotopic (exact) mass is 337 g/mol. The molecule has 5 nitrogen and oxygen atoms in total. The number of benzene rings is 1. The van der Waals surface area contributed by atoms with E-state index in [9.17, 15) is 5.11 Å². The van der Waals surface area contributed by atoms with Crippen LogP contribution < -0.4 is 4.74 Å². The molecule has 0 unspecified atom stereocenters. The third-order valence-electron chi connectivity index (χ3n) is 4.96. The molecule has 25 heavy (non-hydrogen) atoms. The van der Waals surface area contributed by atoms with Crippen molar-refractivity contribution in [3.63, 3.8) is 0 Å². The third kappa shape index (κ3) is 3.13. The minimum Gasteiger partial charge on any atom is -0.497 e. The molecule has 2 atom stereocenters. The number of hydrogen-bond donors (Lipinski definition) is 1. The Balaban J connectivity index is 1.64. The number of aromatic nitrogens is 2. The van der Waals surface area contributed by atoms with Crippen LogP contribution in [0, 0.1) is 6.92 Å². The number of β-amino-alcohol motifs (C(OH)–C–C–N with tert-alkyl or cyclic N) is 1. The highest BCUT2D eigenvalue weighted by atomic mass is 16.5. The summed E-state index contributed by atoms with van der Waals surface area (Å²) in [5.41, 5.74) is 4.48. The summed E-state index contributed by atoms with van der Waals surface area (Å²) in [5.74, 6) is 0.851. The molecule has 130 valence electrons. The van der Waals surface area contributed by atoms with E-state index in [4.69, 9.17) is 4.74 Å². The molecular weight excluding hydrogens is 314 g/mol. The zero-order valence-corrected chi connectivity index (χ0v) is 14.6. The second kappa shape index (κ2) is 6.50. The van der Waals surface area contributed by atoms with E-state index in [1.807, 2.05) is 24.4 Å². The van der Waals surface area contributed by atoms with Gasteiger partial charge in [-0.3, -0.25) is 4.90 Å². The molecule has 5 heteroatoms. The molecule has 1 aromatic carbocycles. The predicted octanol–water partition coefficient (Wildman–Crippen LogP) is 2.96. The summed E-state index contributed by atoms with van der Waals surface area (Å²) < 4.78 is 7.50. The predicted molar refractivity (Wildman–Crippen MR) is 96.7 cm³/mol. The number of likely N-dealkylation sites (tertiary alicyclic amines) is 1. The van der Waals surface area contributed by atoms with Gasteiger partial charge in [0.1, 0.15) is 11.4 Å². The lowest BCUT2D eigenvalue weighted by atomic mass is 10.0. The topological polar surface area (TPSA) is 50.0 Å². The summed E-state index contributed by atoms with van der Waals surface area (Å²) in [6, 6.07) is 12.4. The Kier molecular flexibility index (Phi) is 4.19. The molecule has 0 radical (unpaired) electrons. The van der Waals surface area contributed by atoms with Crippen molar-refractivity contribution in [1.29, 1.82) is 0 Å². The molecule has 1 N–H and O–H groups in total. The largest absolute Gasteiger partial charge is 0.497 e. The molecule has 1 fully saturated rings. The van der Waals surface area contributed by atoms with Crippen molar-refractivity contribution in [1.82, 2.24) is 14.3 Å². The van der Waals surface area contributed by atoms with Gasteiger partial charge in [0.2, 0.25) is 0 Å². The van der Waals surface area contributed by atoms with E-state index in [0.29, 0.717) is 6.54 Å². The average molecular weight is 337 g/mol. The van der Waals surface area contributed by atoms with Crippen molar-refractivity contribution in [2.24, 2.45) is 0 Å². The number of methoxy groups -OCH3 is 1. The first-order valence-electron chi connectivity index (χ1n) is 8.62. The Labute approximate surface area is 147 Å². The van der Waals surface area contributed by atoms with Crippen molar-refractivity contribution in [2.75, 3.05) is 13.7 Å². The second-order valence-electron chi connectivity index (χ2n) is 6.80. The number of hydrogen-bond acceptors (Lipinski definition) is 4. The van der Waals surface area contributed by atoms with Crippen molar-refractivity contribution >= 4 is 5.65 Å². The summed E-state index contributed by atoms with van der Waals surface area (Å²) in [4.78, 5) is 6.82. The van der Waals surface area contributed by atoms with E-state index in [2.05, 4.69) is 45.6 Å². The molecule has 4 rings (SSSR count). The lowest BCUT2D eigenvalue weighted by Crippen LogP contribution is -2.25. The fourth-order valence-corrected chi connectivity index (χ4v) is 3.71. The normalized spacial score (nSPS) is 21.1. The number of imidazole rings is 1. The first-order valence-corrected chi connectivity index (χ1v) is 8.62. The lowest BCUT2D eigenvalue weighted by molar-refractivity contribution is 0.172. The minimum absolute atomic E-state index is 0.181. The molecular formula is C20H23N3O2. The van der Waals surface area contributed by atoms with Crippen LogP contribution in [0.15, 0.2) is 48.8 Å². The van der Waals surface area contributed by atoms with Crippen LogP contribution in [-0.4, -0.2) is 39.1 Å². The summed E-state index contributed by atoms with van der Waals surface area (Å²) in [7, 11) is 1.68. The quantitative estimate of drug-likeness (QED) is 0.795. The second-order valence-corrected chi connectivity index (χ2v) is 6.80. The maximum Gasteiger partial charge on any atom is 0.136 e. The van der Waals surface area contributed by atoms with Gasteiger partial charge in [-0.05, 0) is 42.7 Å². The van der Waals surface area contributed by atoms with Gasteiger partial charge in [-0.15, -0.1) is 0 Å². The van der Waals surface area contributed by atoms with E-state index < -0.39 is 0 Å². The third-order valence-corrected chi connectivity index (χ3v) is 4.96. The summed E-state index contributed by atoms with van der Waals surface area (Å²) in [6.45, 7) is 3.51. The van der Waals surface area contributed by atoms with Crippen molar-refractivity contribution < 1.29 is 9.84 Å². The van der Waals surface area contributed by atoms with Gasteiger partial charge in [-0.25, -0.2) is 4.98 Å². The van der Waals surface area contributed by atoms with Gasteiger partial charge in [0.05, 0.1) is 25.1 Å². The highest BCUT2D eigenvalue weighted by Gasteiger charge is 2.32. The first kappa shape index (κ1) is 16.1. The van der Waals surface area contributed by atoms with Crippen molar-refractivity contribution in [3.05, 3.63) is 65.6 Å². The number of aryl methyl sites for hydroxylation is 1. The lowest BCUT2D eigenvalue weighted by Gasteiger charge is -2.24. The SMILES string of the molecule is COc1cccc([C@@H]2C[C@H](O)CN2Cc2cnc3ccc(C)cn23)c1. The van der Waals surface area contributed by atoms with Gasteiger partial charge < -0.3 is 14.2 Å². The molecule has 3 heterocycles. The van der Waals surface area contributed by atoms with Gasteiger partial charge in [-0.2, -0.15) is 0 Å². The summed E-state index contributed by atoms with van der Waals surface area (Å²) in [5, 5.41) is 10.2. The Morgan fingerprint density at radius 1 is 1.28 bits per heavy atom. The average Bonchev–Trinajstić information content (AvgIpc) is 3.18. The smallest absolute Gasteiger partial charge is 0.136 e. The van der Waals surface area contributed by atoms with Crippen LogP contribution in [0.4, 0.5) is 0 Å². The summed E-state index contributed by atoms with van der Waals surface area (Å²) >= 11 is 0. The Bertz CT molecular complexity index is 890. The van der Waals surface area contributed by atoms with Gasteiger partial charge in [0, 0.05) is 25.3 Å². The maximum atomic E-state index is 10.2. The fraction of sp³-hybridized carbons (Fsp3) is 0.350. The highest BCUT2D eigenvalue weighted by Crippen LogP contribution is 2.34. The summed E-state index contributed by atoms with van der Waals surface area (Å²) in [6.07, 6.45) is 4.48. The van der Waals surface area contributed by atoms with E-state index in [1.165, 1.54) is 11.1 Å². The van der Waals surface area contributed by atoms with Crippen molar-refractivity contribution in [2.45, 2.75) is 32.0 Å². The van der Waals surface area contributed by atoms with Crippen LogP contribution >= 0.6 is 0 Å². The highest BCUT2D eigenvalue weighted by molar-refractivity contribution is 5.41. The van der Waals surface area contributed by atoms with Crippen LogP contribution in [0.3, 0.4) is 0 Å². The standard InChI is InChI=1S/C20H23N3O2/c1-14-6-7-20-21-10-16(23(20)11-14)12-22-13-17(24)9-19(22)15-4-3-5-18(8-15)25-2/h3-8,10-11,17,19,24H,9,12-13H2,1-2H3/t17-,19-/m0/s1. The Morgan fingerprint density at radius 2 is 2.16 bits per heavy atom. The van der Waals surface area contributed by atoms with Crippen LogP contribution in [0.1, 0.15) is 29.3 Å². The number of aliphatic hydroxyl groups excluding tert-OH is 1. The van der Waals surface area contributed by atoms with E-state index in [1.54, 1.807) is 7.11 Å².